The van der Waals surface area contributed by atoms with Gasteiger partial charge in [-0.2, -0.15) is 0 Å². The summed E-state index contributed by atoms with van der Waals surface area (Å²) in [6.45, 7) is 3.94. The molecular weight excluding hydrogens is 334 g/mol. The van der Waals surface area contributed by atoms with Crippen molar-refractivity contribution in [3.8, 4) is 10.4 Å². The predicted molar refractivity (Wildman–Crippen MR) is 99.6 cm³/mol. The number of aromatic nitrogens is 2. The van der Waals surface area contributed by atoms with Gasteiger partial charge in [0.15, 0.2) is 0 Å². The lowest BCUT2D eigenvalue weighted by molar-refractivity contribution is 0.0279. The molecule has 0 aliphatic heterocycles. The number of carbonyl (C=O) groups excluding carboxylic acids is 1. The minimum atomic E-state index is -1.15. The van der Waals surface area contributed by atoms with Gasteiger partial charge in [-0.3, -0.25) is 4.79 Å². The van der Waals surface area contributed by atoms with Crippen molar-refractivity contribution in [2.45, 2.75) is 19.4 Å². The molecule has 0 saturated heterocycles. The summed E-state index contributed by atoms with van der Waals surface area (Å²) in [6, 6.07) is 11.5. The van der Waals surface area contributed by atoms with Crippen molar-refractivity contribution in [2.75, 3.05) is 7.05 Å². The maximum absolute atomic E-state index is 11.7. The first-order valence-corrected chi connectivity index (χ1v) is 8.93. The van der Waals surface area contributed by atoms with E-state index in [0.717, 1.165) is 16.0 Å². The molecule has 2 heterocycles. The number of H-pyrrole nitrogens is 1. The largest absolute Gasteiger partial charge is 0.378 e. The molecule has 0 bridgehead atoms. The van der Waals surface area contributed by atoms with Crippen LogP contribution < -0.4 is 5.32 Å². The van der Waals surface area contributed by atoms with Crippen LogP contribution in [-0.4, -0.2) is 28.0 Å². The van der Waals surface area contributed by atoms with Crippen molar-refractivity contribution in [2.24, 2.45) is 5.92 Å². The summed E-state index contributed by atoms with van der Waals surface area (Å²) in [5.74, 6) is -0.121. The molecule has 0 saturated carbocycles. The number of hydrogen-bond donors (Lipinski definition) is 3. The lowest BCUT2D eigenvalue weighted by Crippen LogP contribution is -2.33. The number of carbonyl (C=O) groups is 1. The minimum Gasteiger partial charge on any atom is -0.378 e. The van der Waals surface area contributed by atoms with Crippen molar-refractivity contribution in [3.63, 3.8) is 0 Å². The molecule has 1 aromatic carbocycles. The molecule has 0 fully saturated rings. The topological polar surface area (TPSA) is 78.0 Å². The number of aromatic amines is 1. The quantitative estimate of drug-likeness (QED) is 0.656. The van der Waals surface area contributed by atoms with Gasteiger partial charge in [-0.1, -0.05) is 38.1 Å². The molecule has 3 rings (SSSR count). The first-order chi connectivity index (χ1) is 12.0. The van der Waals surface area contributed by atoms with Crippen LogP contribution in [0.5, 0.6) is 0 Å². The Morgan fingerprint density at radius 3 is 2.52 bits per heavy atom. The van der Waals surface area contributed by atoms with Gasteiger partial charge in [0.25, 0.3) is 5.91 Å². The molecule has 0 radical (unpaired) electrons. The van der Waals surface area contributed by atoms with Gasteiger partial charge in [-0.15, -0.1) is 11.3 Å². The van der Waals surface area contributed by atoms with Gasteiger partial charge in [0.2, 0.25) is 0 Å². The maximum Gasteiger partial charge on any atom is 0.261 e. The second kappa shape index (κ2) is 6.82. The third kappa shape index (κ3) is 3.10. The van der Waals surface area contributed by atoms with Gasteiger partial charge in [-0.05, 0) is 29.2 Å². The molecule has 2 aromatic heterocycles. The number of nitrogens with zero attached hydrogens (tertiary/aromatic N) is 1. The zero-order valence-corrected chi connectivity index (χ0v) is 15.2. The normalized spacial score (nSPS) is 13.6. The SMILES string of the molecule is CNC(=O)c1ccc(-c2ccc(C(O)(c3c[nH]cn3)C(C)C)cc2)s1. The molecule has 0 spiro atoms. The number of nitrogens with one attached hydrogen (secondary N) is 2. The standard InChI is InChI=1S/C19H21N3O2S/c1-12(2)19(24,17-10-21-11-22-17)14-6-4-13(5-7-14)15-8-9-16(25-15)18(23)20-3/h4-12,24H,1-3H3,(H,20,23)(H,21,22). The third-order valence-electron chi connectivity index (χ3n) is 4.39. The lowest BCUT2D eigenvalue weighted by Gasteiger charge is -2.31. The zero-order valence-electron chi connectivity index (χ0n) is 14.4. The zero-order chi connectivity index (χ0) is 18.0. The molecule has 0 aliphatic carbocycles. The van der Waals surface area contributed by atoms with Crippen LogP contribution in [0.4, 0.5) is 0 Å². The summed E-state index contributed by atoms with van der Waals surface area (Å²) in [4.78, 5) is 20.6. The summed E-state index contributed by atoms with van der Waals surface area (Å²) in [7, 11) is 1.62. The Kier molecular flexibility index (Phi) is 4.74. The first-order valence-electron chi connectivity index (χ1n) is 8.11. The van der Waals surface area contributed by atoms with Crippen LogP contribution in [0.2, 0.25) is 0 Å². The summed E-state index contributed by atoms with van der Waals surface area (Å²) in [5.41, 5.74) is 1.26. The first kappa shape index (κ1) is 17.4. The molecule has 5 nitrogen and oxygen atoms in total. The average molecular weight is 355 g/mol. The molecule has 6 heteroatoms. The highest BCUT2D eigenvalue weighted by Crippen LogP contribution is 2.37. The van der Waals surface area contributed by atoms with E-state index in [0.29, 0.717) is 10.6 Å². The van der Waals surface area contributed by atoms with Crippen LogP contribution >= 0.6 is 11.3 Å². The highest BCUT2D eigenvalue weighted by atomic mass is 32.1. The molecule has 3 N–H and O–H groups in total. The van der Waals surface area contributed by atoms with Gasteiger partial charge in [0.1, 0.15) is 5.60 Å². The van der Waals surface area contributed by atoms with Gasteiger partial charge in [0, 0.05) is 18.1 Å². The second-order valence-electron chi connectivity index (χ2n) is 6.20. The predicted octanol–water partition coefficient (Wildman–Crippen LogP) is 3.39. The van der Waals surface area contributed by atoms with E-state index in [1.165, 1.54) is 11.3 Å². The Hall–Kier alpha value is -2.44. The smallest absolute Gasteiger partial charge is 0.261 e. The Morgan fingerprint density at radius 2 is 1.96 bits per heavy atom. The molecule has 25 heavy (non-hydrogen) atoms. The highest BCUT2D eigenvalue weighted by molar-refractivity contribution is 7.17. The Labute approximate surface area is 150 Å². The second-order valence-corrected chi connectivity index (χ2v) is 7.28. The fraction of sp³-hybridized carbons (Fsp3) is 0.263. The van der Waals surface area contributed by atoms with E-state index in [-0.39, 0.29) is 11.8 Å². The van der Waals surface area contributed by atoms with Gasteiger partial charge >= 0.3 is 0 Å². The van der Waals surface area contributed by atoms with Gasteiger partial charge in [-0.25, -0.2) is 4.98 Å². The number of hydrogen-bond acceptors (Lipinski definition) is 4. The summed E-state index contributed by atoms with van der Waals surface area (Å²) in [6.07, 6.45) is 3.30. The Balaban J connectivity index is 1.94. The maximum atomic E-state index is 11.7. The van der Waals surface area contributed by atoms with Crippen molar-refractivity contribution in [3.05, 3.63) is 65.1 Å². The number of amides is 1. The number of thiophene rings is 1. The Bertz CT molecular complexity index is 853. The van der Waals surface area contributed by atoms with E-state index in [4.69, 9.17) is 0 Å². The van der Waals surface area contributed by atoms with E-state index in [9.17, 15) is 9.90 Å². The van der Waals surface area contributed by atoms with Gasteiger partial charge < -0.3 is 15.4 Å². The van der Waals surface area contributed by atoms with Crippen molar-refractivity contribution < 1.29 is 9.90 Å². The molecular formula is C19H21N3O2S. The third-order valence-corrected chi connectivity index (χ3v) is 5.52. The molecule has 1 amide bonds. The van der Waals surface area contributed by atoms with E-state index < -0.39 is 5.60 Å². The molecule has 130 valence electrons. The van der Waals surface area contributed by atoms with E-state index >= 15 is 0 Å². The average Bonchev–Trinajstić information content (AvgIpc) is 3.32. The highest BCUT2D eigenvalue weighted by Gasteiger charge is 2.37. The van der Waals surface area contributed by atoms with E-state index in [1.807, 2.05) is 50.2 Å². The fourth-order valence-corrected chi connectivity index (χ4v) is 3.83. The number of benzene rings is 1. The van der Waals surface area contributed by atoms with Crippen LogP contribution in [0, 0.1) is 5.92 Å². The van der Waals surface area contributed by atoms with Crippen molar-refractivity contribution in [1.29, 1.82) is 0 Å². The summed E-state index contributed by atoms with van der Waals surface area (Å²) < 4.78 is 0. The van der Waals surface area contributed by atoms with E-state index in [2.05, 4.69) is 15.3 Å². The van der Waals surface area contributed by atoms with Crippen molar-refractivity contribution >= 4 is 17.2 Å². The molecule has 3 aromatic rings. The van der Waals surface area contributed by atoms with Crippen LogP contribution in [0.3, 0.4) is 0 Å². The number of imidazole rings is 1. The van der Waals surface area contributed by atoms with Crippen LogP contribution in [0.25, 0.3) is 10.4 Å². The molecule has 1 atom stereocenters. The van der Waals surface area contributed by atoms with Crippen LogP contribution in [-0.2, 0) is 5.60 Å². The Morgan fingerprint density at radius 1 is 1.24 bits per heavy atom. The van der Waals surface area contributed by atoms with Crippen LogP contribution in [0.1, 0.15) is 34.8 Å². The fourth-order valence-electron chi connectivity index (χ4n) is 2.87. The number of rotatable bonds is 5. The van der Waals surface area contributed by atoms with Gasteiger partial charge in [0.05, 0.1) is 16.9 Å². The molecule has 1 unspecified atom stereocenters. The lowest BCUT2D eigenvalue weighted by atomic mass is 9.81. The van der Waals surface area contributed by atoms with Crippen LogP contribution in [0.15, 0.2) is 48.9 Å². The number of aliphatic hydroxyl groups is 1. The summed E-state index contributed by atoms with van der Waals surface area (Å²) >= 11 is 1.44. The monoisotopic (exact) mass is 355 g/mol. The summed E-state index contributed by atoms with van der Waals surface area (Å²) in [5, 5.41) is 13.9. The van der Waals surface area contributed by atoms with Crippen molar-refractivity contribution in [1.82, 2.24) is 15.3 Å². The molecule has 0 aliphatic rings. The minimum absolute atomic E-state index is 0.0387. The van der Waals surface area contributed by atoms with E-state index in [1.54, 1.807) is 19.6 Å².